The zero-order chi connectivity index (χ0) is 19.4. The fraction of sp³-hybridized carbons (Fsp3) is 0.316. The lowest BCUT2D eigenvalue weighted by molar-refractivity contribution is 0.0708. The third kappa shape index (κ3) is 4.40. The Morgan fingerprint density at radius 1 is 1.11 bits per heavy atom. The van der Waals surface area contributed by atoms with Gasteiger partial charge in [0.05, 0.1) is 17.6 Å². The minimum atomic E-state index is -3.63. The van der Waals surface area contributed by atoms with Crippen LogP contribution in [-0.4, -0.2) is 50.6 Å². The maximum Gasteiger partial charge on any atom is 0.257 e. The second-order valence-electron chi connectivity index (χ2n) is 6.38. The van der Waals surface area contributed by atoms with Crippen LogP contribution in [0, 0.1) is 0 Å². The predicted octanol–water partition coefficient (Wildman–Crippen LogP) is 1.98. The van der Waals surface area contributed by atoms with Crippen molar-refractivity contribution in [3.05, 3.63) is 54.1 Å². The number of sulfonamides is 1. The van der Waals surface area contributed by atoms with Crippen molar-refractivity contribution in [2.24, 2.45) is 0 Å². The Kier molecular flexibility index (Phi) is 5.67. The average molecular weight is 390 g/mol. The maximum absolute atomic E-state index is 12.5. The molecule has 1 fully saturated rings. The van der Waals surface area contributed by atoms with Gasteiger partial charge in [-0.3, -0.25) is 4.79 Å². The standard InChI is InChI=1S/C19H22N2O5S/c1-26-15-6-8-16(9-7-15)27(24,25)20-14-10-12-21(13-11-14)19(23)17-4-2-3-5-18(17)22/h2-9,14,20,22H,10-13H2,1H3. The van der Waals surface area contributed by atoms with Crippen LogP contribution in [0.1, 0.15) is 23.2 Å². The predicted molar refractivity (Wildman–Crippen MR) is 100 cm³/mol. The normalized spacial score (nSPS) is 15.5. The molecule has 2 aromatic carbocycles. The van der Waals surface area contributed by atoms with Crippen LogP contribution in [0.25, 0.3) is 0 Å². The highest BCUT2D eigenvalue weighted by molar-refractivity contribution is 7.89. The van der Waals surface area contributed by atoms with Crippen molar-refractivity contribution in [3.8, 4) is 11.5 Å². The quantitative estimate of drug-likeness (QED) is 0.814. The van der Waals surface area contributed by atoms with Gasteiger partial charge in [-0.2, -0.15) is 0 Å². The van der Waals surface area contributed by atoms with E-state index < -0.39 is 10.0 Å². The Morgan fingerprint density at radius 2 is 1.74 bits per heavy atom. The van der Waals surface area contributed by atoms with E-state index in [-0.39, 0.29) is 28.2 Å². The van der Waals surface area contributed by atoms with Crippen molar-refractivity contribution in [2.45, 2.75) is 23.8 Å². The van der Waals surface area contributed by atoms with E-state index in [4.69, 9.17) is 4.74 Å². The molecule has 8 heteroatoms. The van der Waals surface area contributed by atoms with E-state index in [9.17, 15) is 18.3 Å². The van der Waals surface area contributed by atoms with Crippen LogP contribution < -0.4 is 9.46 Å². The number of benzene rings is 2. The van der Waals surface area contributed by atoms with Gasteiger partial charge in [0.1, 0.15) is 11.5 Å². The fourth-order valence-corrected chi connectivity index (χ4v) is 4.37. The number of likely N-dealkylation sites (tertiary alicyclic amines) is 1. The molecule has 7 nitrogen and oxygen atoms in total. The number of para-hydroxylation sites is 1. The van der Waals surface area contributed by atoms with E-state index in [1.54, 1.807) is 35.2 Å². The highest BCUT2D eigenvalue weighted by atomic mass is 32.2. The van der Waals surface area contributed by atoms with E-state index in [0.29, 0.717) is 31.7 Å². The summed E-state index contributed by atoms with van der Waals surface area (Å²) in [5.74, 6) is 0.291. The summed E-state index contributed by atoms with van der Waals surface area (Å²) >= 11 is 0. The number of methoxy groups -OCH3 is 1. The highest BCUT2D eigenvalue weighted by Crippen LogP contribution is 2.22. The lowest BCUT2D eigenvalue weighted by atomic mass is 10.0. The molecule has 2 aromatic rings. The molecule has 3 rings (SSSR count). The summed E-state index contributed by atoms with van der Waals surface area (Å²) in [5.41, 5.74) is 0.259. The molecule has 1 aliphatic heterocycles. The van der Waals surface area contributed by atoms with Gasteiger partial charge in [0.25, 0.3) is 5.91 Å². The van der Waals surface area contributed by atoms with Gasteiger partial charge >= 0.3 is 0 Å². The van der Waals surface area contributed by atoms with Gasteiger partial charge in [0, 0.05) is 19.1 Å². The Bertz CT molecular complexity index is 904. The summed E-state index contributed by atoms with van der Waals surface area (Å²) in [4.78, 5) is 14.3. The second kappa shape index (κ2) is 7.98. The van der Waals surface area contributed by atoms with Crippen LogP contribution in [0.2, 0.25) is 0 Å². The van der Waals surface area contributed by atoms with Crippen molar-refractivity contribution in [2.75, 3.05) is 20.2 Å². The van der Waals surface area contributed by atoms with Crippen molar-refractivity contribution < 1.29 is 23.1 Å². The number of carbonyl (C=O) groups excluding carboxylic acids is 1. The molecular formula is C19H22N2O5S. The number of piperidine rings is 1. The minimum Gasteiger partial charge on any atom is -0.507 e. The molecule has 1 heterocycles. The van der Waals surface area contributed by atoms with Crippen LogP contribution in [0.4, 0.5) is 0 Å². The van der Waals surface area contributed by atoms with Crippen molar-refractivity contribution in [1.82, 2.24) is 9.62 Å². The number of nitrogens with zero attached hydrogens (tertiary/aromatic N) is 1. The molecule has 0 unspecified atom stereocenters. The number of aromatic hydroxyl groups is 1. The van der Waals surface area contributed by atoms with Gasteiger partial charge in [-0.25, -0.2) is 13.1 Å². The Morgan fingerprint density at radius 3 is 2.33 bits per heavy atom. The number of hydrogen-bond acceptors (Lipinski definition) is 5. The van der Waals surface area contributed by atoms with E-state index in [1.165, 1.54) is 25.3 Å². The molecule has 0 saturated carbocycles. The van der Waals surface area contributed by atoms with Gasteiger partial charge in [0.15, 0.2) is 0 Å². The zero-order valence-electron chi connectivity index (χ0n) is 15.0. The third-order valence-electron chi connectivity index (χ3n) is 4.61. The van der Waals surface area contributed by atoms with Gasteiger partial charge in [-0.1, -0.05) is 12.1 Å². The lowest BCUT2D eigenvalue weighted by Crippen LogP contribution is -2.46. The van der Waals surface area contributed by atoms with Gasteiger partial charge in [-0.05, 0) is 49.2 Å². The molecule has 2 N–H and O–H groups in total. The largest absolute Gasteiger partial charge is 0.507 e. The molecule has 144 valence electrons. The maximum atomic E-state index is 12.5. The molecule has 1 saturated heterocycles. The summed E-state index contributed by atoms with van der Waals surface area (Å²) in [6.45, 7) is 0.839. The Labute approximate surface area is 158 Å². The first-order valence-corrected chi connectivity index (χ1v) is 10.1. The summed E-state index contributed by atoms with van der Waals surface area (Å²) in [6.07, 6.45) is 1.02. The van der Waals surface area contributed by atoms with Crippen molar-refractivity contribution in [3.63, 3.8) is 0 Å². The molecule has 0 aromatic heterocycles. The third-order valence-corrected chi connectivity index (χ3v) is 6.14. The Hall–Kier alpha value is -2.58. The van der Waals surface area contributed by atoms with Crippen molar-refractivity contribution in [1.29, 1.82) is 0 Å². The molecular weight excluding hydrogens is 368 g/mol. The molecule has 0 spiro atoms. The smallest absolute Gasteiger partial charge is 0.257 e. The van der Waals surface area contributed by atoms with Crippen LogP contribution >= 0.6 is 0 Å². The van der Waals surface area contributed by atoms with Crippen LogP contribution in [0.5, 0.6) is 11.5 Å². The highest BCUT2D eigenvalue weighted by Gasteiger charge is 2.28. The SMILES string of the molecule is COc1ccc(S(=O)(=O)NC2CCN(C(=O)c3ccccc3O)CC2)cc1. The first kappa shape index (κ1) is 19.2. The van der Waals surface area contributed by atoms with Crippen LogP contribution in [0.3, 0.4) is 0 Å². The summed E-state index contributed by atoms with van der Waals surface area (Å²) in [7, 11) is -2.11. The molecule has 1 aliphatic rings. The van der Waals surface area contributed by atoms with Crippen LogP contribution in [0.15, 0.2) is 53.4 Å². The van der Waals surface area contributed by atoms with Crippen molar-refractivity contribution >= 4 is 15.9 Å². The number of phenols is 1. The second-order valence-corrected chi connectivity index (χ2v) is 8.09. The average Bonchev–Trinajstić information content (AvgIpc) is 2.68. The van der Waals surface area contributed by atoms with E-state index in [1.807, 2.05) is 0 Å². The van der Waals surface area contributed by atoms with Crippen LogP contribution in [-0.2, 0) is 10.0 Å². The molecule has 0 radical (unpaired) electrons. The Balaban J connectivity index is 1.60. The lowest BCUT2D eigenvalue weighted by Gasteiger charge is -2.32. The first-order chi connectivity index (χ1) is 12.9. The molecule has 0 atom stereocenters. The number of carbonyl (C=O) groups is 1. The number of phenolic OH excluding ortho intramolecular Hbond substituents is 1. The summed E-state index contributed by atoms with van der Waals surface area (Å²) in [6, 6.07) is 12.4. The number of ether oxygens (including phenoxy) is 1. The first-order valence-electron chi connectivity index (χ1n) is 8.64. The monoisotopic (exact) mass is 390 g/mol. The van der Waals surface area contributed by atoms with Gasteiger partial charge < -0.3 is 14.7 Å². The number of nitrogens with one attached hydrogen (secondary N) is 1. The van der Waals surface area contributed by atoms with E-state index in [0.717, 1.165) is 0 Å². The summed E-state index contributed by atoms with van der Waals surface area (Å²) in [5, 5.41) is 9.83. The van der Waals surface area contributed by atoms with E-state index in [2.05, 4.69) is 4.72 Å². The summed E-state index contributed by atoms with van der Waals surface area (Å²) < 4.78 is 32.8. The number of amides is 1. The fourth-order valence-electron chi connectivity index (χ4n) is 3.07. The number of rotatable bonds is 5. The van der Waals surface area contributed by atoms with E-state index >= 15 is 0 Å². The van der Waals surface area contributed by atoms with Gasteiger partial charge in [0.2, 0.25) is 10.0 Å². The van der Waals surface area contributed by atoms with Gasteiger partial charge in [-0.15, -0.1) is 0 Å². The molecule has 27 heavy (non-hydrogen) atoms. The topological polar surface area (TPSA) is 95.9 Å². The minimum absolute atomic E-state index is 0.0511. The molecule has 0 aliphatic carbocycles. The molecule has 0 bridgehead atoms. The zero-order valence-corrected chi connectivity index (χ0v) is 15.8. The molecule has 1 amide bonds. The number of hydrogen-bond donors (Lipinski definition) is 2.